The van der Waals surface area contributed by atoms with Gasteiger partial charge in [0.15, 0.2) is 11.5 Å². The highest BCUT2D eigenvalue weighted by molar-refractivity contribution is 7.86. The fourth-order valence-electron chi connectivity index (χ4n) is 4.04. The summed E-state index contributed by atoms with van der Waals surface area (Å²) in [5, 5.41) is 0. The number of carbonyl (C=O) groups excluding carboxylic acids is 1. The second kappa shape index (κ2) is 8.55. The Morgan fingerprint density at radius 3 is 2.50 bits per heavy atom. The van der Waals surface area contributed by atoms with Gasteiger partial charge in [-0.2, -0.15) is 8.42 Å². The molecule has 0 fully saturated rings. The Bertz CT molecular complexity index is 1250. The number of nitrogens with two attached hydrogens (primary N) is 1. The first-order valence-electron chi connectivity index (χ1n) is 9.75. The molecule has 0 saturated carbocycles. The lowest BCUT2D eigenvalue weighted by Gasteiger charge is -2.27. The molecule has 1 unspecified atom stereocenters. The van der Waals surface area contributed by atoms with Gasteiger partial charge in [0, 0.05) is 12.6 Å². The number of rotatable bonds is 5. The van der Waals surface area contributed by atoms with Gasteiger partial charge < -0.3 is 9.92 Å². The Labute approximate surface area is 192 Å². The summed E-state index contributed by atoms with van der Waals surface area (Å²) >= 11 is 0. The Kier molecular flexibility index (Phi) is 6.35. The van der Waals surface area contributed by atoms with Crippen LogP contribution in [0.3, 0.4) is 0 Å². The molecule has 32 heavy (non-hydrogen) atoms. The predicted octanol–water partition coefficient (Wildman–Crippen LogP) is 3.18. The molecule has 0 aromatic heterocycles. The van der Waals surface area contributed by atoms with Gasteiger partial charge >= 0.3 is 10.1 Å². The van der Waals surface area contributed by atoms with Crippen molar-refractivity contribution < 1.29 is 21.8 Å². The molecule has 1 amide bonds. The van der Waals surface area contributed by atoms with E-state index in [9.17, 15) is 17.6 Å². The third-order valence-electron chi connectivity index (χ3n) is 5.51. The van der Waals surface area contributed by atoms with Crippen LogP contribution in [0.2, 0.25) is 0 Å². The standard InChI is InChI=1S/C22H22FN3O4S.ClH/c1-26-20(27)22(25-21(26)24,15-8-5-9-17(12-15)30-31(2,28)29)16-10-11-19(23)18(13-16)14-6-3-4-7-14;/h5-6,8-13H,3-4,7H2,1-2H3,(H2,24,25);1H. The van der Waals surface area contributed by atoms with E-state index in [-0.39, 0.29) is 29.9 Å². The van der Waals surface area contributed by atoms with Gasteiger partial charge in [0.2, 0.25) is 0 Å². The van der Waals surface area contributed by atoms with Crippen LogP contribution >= 0.6 is 12.4 Å². The molecule has 0 radical (unpaired) electrons. The van der Waals surface area contributed by atoms with Crippen LogP contribution in [0.15, 0.2) is 53.5 Å². The maximum absolute atomic E-state index is 14.7. The normalized spacial score (nSPS) is 20.6. The number of hydrogen-bond acceptors (Lipinski definition) is 6. The molecule has 7 nitrogen and oxygen atoms in total. The molecule has 2 aliphatic rings. The number of nitrogens with zero attached hydrogens (tertiary/aromatic N) is 2. The fourth-order valence-corrected chi connectivity index (χ4v) is 4.50. The summed E-state index contributed by atoms with van der Waals surface area (Å²) in [6, 6.07) is 10.6. The molecule has 0 bridgehead atoms. The van der Waals surface area contributed by atoms with Crippen molar-refractivity contribution in [2.24, 2.45) is 10.7 Å². The second-order valence-electron chi connectivity index (χ2n) is 7.68. The average molecular weight is 480 g/mol. The minimum Gasteiger partial charge on any atom is -0.383 e. The van der Waals surface area contributed by atoms with E-state index in [1.807, 2.05) is 6.08 Å². The summed E-state index contributed by atoms with van der Waals surface area (Å²) in [6.45, 7) is 0. The molecule has 1 atom stereocenters. The SMILES string of the molecule is CN1C(=O)C(c2cccc(OS(C)(=O)=O)c2)(c2ccc(F)c(C3=CCCC3)c2)N=C1N.Cl. The Morgan fingerprint density at radius 1 is 1.19 bits per heavy atom. The number of carbonyl (C=O) groups is 1. The van der Waals surface area contributed by atoms with Crippen molar-refractivity contribution in [3.05, 3.63) is 71.0 Å². The van der Waals surface area contributed by atoms with Gasteiger partial charge in [-0.25, -0.2) is 9.38 Å². The maximum atomic E-state index is 14.7. The molecule has 170 valence electrons. The topological polar surface area (TPSA) is 102 Å². The molecule has 10 heteroatoms. The Balaban J connectivity index is 0.00000289. The van der Waals surface area contributed by atoms with Crippen molar-refractivity contribution in [1.29, 1.82) is 0 Å². The van der Waals surface area contributed by atoms with Crippen molar-refractivity contribution in [3.8, 4) is 5.75 Å². The summed E-state index contributed by atoms with van der Waals surface area (Å²) in [4.78, 5) is 19.1. The Hall–Kier alpha value is -2.91. The third kappa shape index (κ3) is 4.10. The summed E-state index contributed by atoms with van der Waals surface area (Å²) in [6.07, 6.45) is 5.51. The van der Waals surface area contributed by atoms with Crippen molar-refractivity contribution in [2.75, 3.05) is 13.3 Å². The molecule has 2 aromatic rings. The molecular weight excluding hydrogens is 457 g/mol. The number of hydrogen-bond donors (Lipinski definition) is 1. The number of allylic oxidation sites excluding steroid dienone is 2. The summed E-state index contributed by atoms with van der Waals surface area (Å²) in [7, 11) is -2.27. The van der Waals surface area contributed by atoms with Gasteiger partial charge in [-0.15, -0.1) is 12.4 Å². The number of aliphatic imine (C=N–C) groups is 1. The van der Waals surface area contributed by atoms with Crippen LogP contribution in [0.25, 0.3) is 5.57 Å². The zero-order valence-electron chi connectivity index (χ0n) is 17.5. The van der Waals surface area contributed by atoms with Crippen molar-refractivity contribution in [1.82, 2.24) is 4.90 Å². The van der Waals surface area contributed by atoms with Gasteiger partial charge in [0.05, 0.1) is 6.26 Å². The van der Waals surface area contributed by atoms with Crippen molar-refractivity contribution in [2.45, 2.75) is 24.8 Å². The number of benzene rings is 2. The van der Waals surface area contributed by atoms with Crippen LogP contribution in [0.4, 0.5) is 4.39 Å². The number of likely N-dealkylation sites (N-methyl/N-ethyl adjacent to an activating group) is 1. The van der Waals surface area contributed by atoms with Gasteiger partial charge in [-0.1, -0.05) is 24.3 Å². The van der Waals surface area contributed by atoms with Crippen LogP contribution in [-0.4, -0.2) is 38.5 Å². The molecule has 4 rings (SSSR count). The molecule has 1 aliphatic heterocycles. The van der Waals surface area contributed by atoms with E-state index in [0.29, 0.717) is 16.7 Å². The third-order valence-corrected chi connectivity index (χ3v) is 6.01. The first-order chi connectivity index (χ1) is 14.6. The molecule has 0 saturated heterocycles. The van der Waals surface area contributed by atoms with Crippen LogP contribution < -0.4 is 9.92 Å². The van der Waals surface area contributed by atoms with Gasteiger partial charge in [0.25, 0.3) is 5.91 Å². The van der Waals surface area contributed by atoms with Crippen LogP contribution in [0, 0.1) is 5.82 Å². The van der Waals surface area contributed by atoms with Gasteiger partial charge in [-0.05, 0) is 60.2 Å². The lowest BCUT2D eigenvalue weighted by atomic mass is 9.81. The van der Waals surface area contributed by atoms with Crippen molar-refractivity contribution >= 4 is 40.0 Å². The van der Waals surface area contributed by atoms with E-state index < -0.39 is 21.6 Å². The monoisotopic (exact) mass is 479 g/mol. The largest absolute Gasteiger partial charge is 0.383 e. The molecular formula is C22H23ClFN3O4S. The summed E-state index contributed by atoms with van der Waals surface area (Å²) < 4.78 is 42.8. The molecule has 2 aromatic carbocycles. The van der Waals surface area contributed by atoms with E-state index in [4.69, 9.17) is 9.92 Å². The second-order valence-corrected chi connectivity index (χ2v) is 9.25. The van der Waals surface area contributed by atoms with Crippen LogP contribution in [0.1, 0.15) is 36.0 Å². The zero-order chi connectivity index (χ0) is 22.4. The minimum absolute atomic E-state index is 0. The van der Waals surface area contributed by atoms with E-state index in [0.717, 1.165) is 31.1 Å². The molecule has 2 N–H and O–H groups in total. The van der Waals surface area contributed by atoms with E-state index in [1.165, 1.54) is 36.2 Å². The lowest BCUT2D eigenvalue weighted by molar-refractivity contribution is -0.129. The number of halogens is 2. The van der Waals surface area contributed by atoms with E-state index in [1.54, 1.807) is 18.2 Å². The van der Waals surface area contributed by atoms with Crippen LogP contribution in [-0.2, 0) is 20.5 Å². The highest BCUT2D eigenvalue weighted by Gasteiger charge is 2.50. The molecule has 1 heterocycles. The fraction of sp³-hybridized carbons (Fsp3) is 0.273. The first kappa shape index (κ1) is 23.7. The quantitative estimate of drug-likeness (QED) is 0.663. The lowest BCUT2D eigenvalue weighted by Crippen LogP contribution is -2.41. The summed E-state index contributed by atoms with van der Waals surface area (Å²) in [5.41, 5.74) is 6.52. The summed E-state index contributed by atoms with van der Waals surface area (Å²) in [5.74, 6) is -0.766. The molecule has 1 aliphatic carbocycles. The average Bonchev–Trinajstić information content (AvgIpc) is 3.31. The maximum Gasteiger partial charge on any atom is 0.306 e. The van der Waals surface area contributed by atoms with Gasteiger partial charge in [0.1, 0.15) is 11.6 Å². The molecule has 0 spiro atoms. The minimum atomic E-state index is -3.77. The highest BCUT2D eigenvalue weighted by atomic mass is 35.5. The van der Waals surface area contributed by atoms with Crippen molar-refractivity contribution in [3.63, 3.8) is 0 Å². The first-order valence-corrected chi connectivity index (χ1v) is 11.6. The van der Waals surface area contributed by atoms with E-state index in [2.05, 4.69) is 4.99 Å². The van der Waals surface area contributed by atoms with E-state index >= 15 is 0 Å². The zero-order valence-corrected chi connectivity index (χ0v) is 19.2. The highest BCUT2D eigenvalue weighted by Crippen LogP contribution is 2.42. The van der Waals surface area contributed by atoms with Gasteiger partial charge in [-0.3, -0.25) is 9.69 Å². The Morgan fingerprint density at radius 2 is 1.91 bits per heavy atom. The number of guanidine groups is 1. The van der Waals surface area contributed by atoms with Crippen LogP contribution in [0.5, 0.6) is 5.75 Å². The smallest absolute Gasteiger partial charge is 0.306 e. The predicted molar refractivity (Wildman–Crippen MR) is 123 cm³/mol. The number of amides is 1.